The number of amides is 1. The molecule has 0 fully saturated rings. The summed E-state index contributed by atoms with van der Waals surface area (Å²) in [4.78, 5) is 26.4. The minimum Gasteiger partial charge on any atom is -0.493 e. The fourth-order valence-corrected chi connectivity index (χ4v) is 2.61. The van der Waals surface area contributed by atoms with E-state index in [2.05, 4.69) is 0 Å². The average molecular weight is 320 g/mol. The number of hydrogen-bond acceptors (Lipinski definition) is 6. The smallest absolute Gasteiger partial charge is 0.414 e. The Bertz CT molecular complexity index is 669. The van der Waals surface area contributed by atoms with Crippen LogP contribution in [0.25, 0.3) is 0 Å². The number of hydrogen-bond donors (Lipinski definition) is 1. The van der Waals surface area contributed by atoms with Crippen molar-refractivity contribution in [3.63, 3.8) is 0 Å². The topological polar surface area (TPSA) is 91.1 Å². The zero-order valence-corrected chi connectivity index (χ0v) is 13.6. The highest BCUT2D eigenvalue weighted by molar-refractivity contribution is 6.18. The second-order valence-corrected chi connectivity index (χ2v) is 4.92. The number of ether oxygens (including phenoxy) is 3. The zero-order valence-electron chi connectivity index (χ0n) is 13.6. The molecule has 2 N–H and O–H groups in total. The number of carbonyl (C=O) groups excluding carboxylic acids is 2. The number of nitrogens with two attached hydrogens (primary N) is 1. The Kier molecular flexibility index (Phi) is 4.78. The molecule has 7 heteroatoms. The van der Waals surface area contributed by atoms with Gasteiger partial charge in [-0.2, -0.15) is 0 Å². The normalized spacial score (nSPS) is 18.6. The van der Waals surface area contributed by atoms with Crippen molar-refractivity contribution in [2.24, 2.45) is 5.73 Å². The summed E-state index contributed by atoms with van der Waals surface area (Å²) < 4.78 is 15.6. The number of fused-ring (bicyclic) bond motifs is 1. The molecule has 1 atom stereocenters. The third kappa shape index (κ3) is 2.69. The molecule has 1 aromatic rings. The molecule has 0 saturated heterocycles. The lowest BCUT2D eigenvalue weighted by Crippen LogP contribution is -2.46. The van der Waals surface area contributed by atoms with Gasteiger partial charge in [0, 0.05) is 17.8 Å². The molecule has 2 rings (SSSR count). The van der Waals surface area contributed by atoms with E-state index >= 15 is 0 Å². The predicted octanol–water partition coefficient (Wildman–Crippen LogP) is 2.09. The van der Waals surface area contributed by atoms with E-state index in [1.165, 1.54) is 31.4 Å². The van der Waals surface area contributed by atoms with Gasteiger partial charge >= 0.3 is 6.09 Å². The molecule has 0 aliphatic carbocycles. The van der Waals surface area contributed by atoms with E-state index in [1.54, 1.807) is 19.9 Å². The molecule has 7 nitrogen and oxygen atoms in total. The Labute approximate surface area is 134 Å². The van der Waals surface area contributed by atoms with Gasteiger partial charge in [-0.05, 0) is 19.9 Å². The molecule has 0 spiro atoms. The van der Waals surface area contributed by atoms with Crippen molar-refractivity contribution in [1.29, 1.82) is 0 Å². The van der Waals surface area contributed by atoms with E-state index in [9.17, 15) is 9.59 Å². The van der Waals surface area contributed by atoms with Crippen LogP contribution in [0.3, 0.4) is 0 Å². The van der Waals surface area contributed by atoms with Crippen molar-refractivity contribution >= 4 is 17.6 Å². The highest BCUT2D eigenvalue weighted by Crippen LogP contribution is 2.41. The number of nitrogens with zero attached hydrogens (tertiary/aromatic N) is 1. The summed E-state index contributed by atoms with van der Waals surface area (Å²) >= 11 is 0. The summed E-state index contributed by atoms with van der Waals surface area (Å²) in [5.74, 6) is 0.562. The van der Waals surface area contributed by atoms with E-state index in [-0.39, 0.29) is 12.4 Å². The summed E-state index contributed by atoms with van der Waals surface area (Å²) in [6.07, 6.45) is 0.666. The van der Waals surface area contributed by atoms with E-state index in [4.69, 9.17) is 19.9 Å². The monoisotopic (exact) mass is 320 g/mol. The highest BCUT2D eigenvalue weighted by atomic mass is 16.6. The zero-order chi connectivity index (χ0) is 17.1. The fraction of sp³-hybridized carbons (Fsp3) is 0.375. The molecule has 1 aliphatic rings. The van der Waals surface area contributed by atoms with Gasteiger partial charge in [0.1, 0.15) is 0 Å². The maximum atomic E-state index is 12.6. The molecule has 0 radical (unpaired) electrons. The molecule has 0 unspecified atom stereocenters. The van der Waals surface area contributed by atoms with Crippen LogP contribution in [0.1, 0.15) is 24.2 Å². The Morgan fingerprint density at radius 2 is 1.91 bits per heavy atom. The third-order valence-corrected chi connectivity index (χ3v) is 3.75. The highest BCUT2D eigenvalue weighted by Gasteiger charge is 2.38. The lowest BCUT2D eigenvalue weighted by molar-refractivity contribution is 0.102. The van der Waals surface area contributed by atoms with Gasteiger partial charge in [-0.15, -0.1) is 0 Å². The van der Waals surface area contributed by atoms with Crippen molar-refractivity contribution in [1.82, 2.24) is 0 Å². The Morgan fingerprint density at radius 3 is 2.43 bits per heavy atom. The van der Waals surface area contributed by atoms with E-state index < -0.39 is 12.1 Å². The Morgan fingerprint density at radius 1 is 1.30 bits per heavy atom. The van der Waals surface area contributed by atoms with Crippen molar-refractivity contribution in [2.75, 3.05) is 25.7 Å². The van der Waals surface area contributed by atoms with E-state index in [0.717, 1.165) is 0 Å². The number of carbonyl (C=O) groups is 2. The summed E-state index contributed by atoms with van der Waals surface area (Å²) in [6.45, 7) is 3.65. The molecular formula is C16H20N2O5. The molecule has 124 valence electrons. The molecule has 0 aromatic heterocycles. The minimum absolute atomic E-state index is 0.223. The Balaban J connectivity index is 2.69. The fourth-order valence-electron chi connectivity index (χ4n) is 2.61. The van der Waals surface area contributed by atoms with Crippen molar-refractivity contribution in [3.05, 3.63) is 29.5 Å². The third-order valence-electron chi connectivity index (χ3n) is 3.75. The molecular weight excluding hydrogens is 300 g/mol. The Hall–Kier alpha value is -2.70. The maximum Gasteiger partial charge on any atom is 0.414 e. The molecule has 23 heavy (non-hydrogen) atoms. The quantitative estimate of drug-likeness (QED) is 0.858. The number of rotatable bonds is 3. The van der Waals surface area contributed by atoms with Crippen LogP contribution in [0.4, 0.5) is 10.5 Å². The number of Topliss-reactive ketones (excluding diaryl/α,β-unsaturated/α-hetero) is 1. The van der Waals surface area contributed by atoms with Crippen LogP contribution in [-0.2, 0) is 4.74 Å². The van der Waals surface area contributed by atoms with Gasteiger partial charge in [0.25, 0.3) is 0 Å². The first-order chi connectivity index (χ1) is 11.0. The van der Waals surface area contributed by atoms with Gasteiger partial charge in [-0.25, -0.2) is 4.79 Å². The van der Waals surface area contributed by atoms with Crippen molar-refractivity contribution in [3.8, 4) is 11.5 Å². The van der Waals surface area contributed by atoms with Crippen molar-refractivity contribution < 1.29 is 23.8 Å². The van der Waals surface area contributed by atoms with Crippen LogP contribution >= 0.6 is 0 Å². The van der Waals surface area contributed by atoms with Crippen LogP contribution < -0.4 is 20.1 Å². The van der Waals surface area contributed by atoms with Gasteiger partial charge in [-0.1, -0.05) is 0 Å². The summed E-state index contributed by atoms with van der Waals surface area (Å²) in [7, 11) is 2.96. The maximum absolute atomic E-state index is 12.6. The number of ketones is 1. The average Bonchev–Trinajstić information content (AvgIpc) is 2.54. The van der Waals surface area contributed by atoms with Crippen LogP contribution in [0, 0.1) is 0 Å². The molecule has 1 amide bonds. The molecule has 0 bridgehead atoms. The number of methoxy groups -OCH3 is 2. The largest absolute Gasteiger partial charge is 0.493 e. The molecule has 1 aliphatic heterocycles. The van der Waals surface area contributed by atoms with Gasteiger partial charge in [0.05, 0.1) is 38.1 Å². The van der Waals surface area contributed by atoms with Crippen LogP contribution in [0.5, 0.6) is 11.5 Å². The second-order valence-electron chi connectivity index (χ2n) is 4.92. The van der Waals surface area contributed by atoms with Crippen LogP contribution in [0.2, 0.25) is 0 Å². The summed E-state index contributed by atoms with van der Waals surface area (Å²) in [6, 6.07) is 2.59. The minimum atomic E-state index is -0.555. The second kappa shape index (κ2) is 6.60. The van der Waals surface area contributed by atoms with Crippen molar-refractivity contribution in [2.45, 2.75) is 19.9 Å². The van der Waals surface area contributed by atoms with Crippen LogP contribution in [-0.4, -0.2) is 38.7 Å². The molecule has 0 saturated carbocycles. The first-order valence-corrected chi connectivity index (χ1v) is 7.18. The first-order valence-electron chi connectivity index (χ1n) is 7.18. The number of anilines is 1. The molecule has 1 heterocycles. The lowest BCUT2D eigenvalue weighted by atomic mass is 9.90. The summed E-state index contributed by atoms with van der Waals surface area (Å²) in [5.41, 5.74) is 6.62. The standard InChI is InChI=1S/C16H20N2O5/c1-5-23-16(20)18-9(2)11(8-17)15(19)10-6-13(21-3)14(22-4)7-12(10)18/h6-9H,5,17H2,1-4H3/b11-8+/t9-/m0/s1. The first kappa shape index (κ1) is 16.7. The lowest BCUT2D eigenvalue weighted by Gasteiger charge is -2.35. The predicted molar refractivity (Wildman–Crippen MR) is 85.1 cm³/mol. The van der Waals surface area contributed by atoms with E-state index in [1.807, 2.05) is 0 Å². The van der Waals surface area contributed by atoms with Gasteiger partial charge < -0.3 is 19.9 Å². The summed E-state index contributed by atoms with van der Waals surface area (Å²) in [5, 5.41) is 0. The van der Waals surface area contributed by atoms with E-state index in [0.29, 0.717) is 28.3 Å². The molecule has 1 aromatic carbocycles. The van der Waals surface area contributed by atoms with Gasteiger partial charge in [-0.3, -0.25) is 9.69 Å². The number of benzene rings is 1. The van der Waals surface area contributed by atoms with Crippen LogP contribution in [0.15, 0.2) is 23.9 Å². The van der Waals surface area contributed by atoms with Gasteiger partial charge in [0.15, 0.2) is 17.3 Å². The SMILES string of the molecule is CCOC(=O)N1c2cc(OC)c(OC)cc2C(=O)/C(=C/N)[C@@H]1C. The van der Waals surface area contributed by atoms with Gasteiger partial charge in [0.2, 0.25) is 0 Å².